The van der Waals surface area contributed by atoms with Crippen LogP contribution in [0.4, 0.5) is 0 Å². The van der Waals surface area contributed by atoms with Crippen molar-refractivity contribution in [2.75, 3.05) is 26.2 Å². The molecular weight excluding hydrogens is 290 g/mol. The van der Waals surface area contributed by atoms with Gasteiger partial charge in [-0.05, 0) is 59.5 Å². The number of carbonyl (C=O) groups excluding carboxylic acids is 2. The number of nitrogens with zero attached hydrogens (tertiary/aromatic N) is 2. The lowest BCUT2D eigenvalue weighted by molar-refractivity contribution is -0.137. The maximum atomic E-state index is 12.4. The van der Waals surface area contributed by atoms with Gasteiger partial charge in [-0.25, -0.2) is 0 Å². The highest BCUT2D eigenvalue weighted by Gasteiger charge is 2.31. The first-order valence-corrected chi connectivity index (χ1v) is 9.40. The molecule has 132 valence electrons. The molecule has 5 nitrogen and oxygen atoms in total. The van der Waals surface area contributed by atoms with Crippen LogP contribution in [-0.2, 0) is 9.59 Å². The largest absolute Gasteiger partial charge is 0.352 e. The number of hydrogen-bond donors (Lipinski definition) is 1. The number of hydrogen-bond acceptors (Lipinski definition) is 3. The first-order chi connectivity index (χ1) is 11.1. The van der Waals surface area contributed by atoms with Gasteiger partial charge in [-0.2, -0.15) is 0 Å². The number of amides is 2. The highest BCUT2D eigenvalue weighted by Crippen LogP contribution is 2.22. The van der Waals surface area contributed by atoms with E-state index in [4.69, 9.17) is 0 Å². The molecule has 0 radical (unpaired) electrons. The molecule has 5 heteroatoms. The third-order valence-electron chi connectivity index (χ3n) is 5.58. The van der Waals surface area contributed by atoms with Gasteiger partial charge in [0.15, 0.2) is 0 Å². The summed E-state index contributed by atoms with van der Waals surface area (Å²) < 4.78 is 0. The van der Waals surface area contributed by atoms with Gasteiger partial charge in [0.2, 0.25) is 11.8 Å². The summed E-state index contributed by atoms with van der Waals surface area (Å²) in [4.78, 5) is 29.0. The van der Waals surface area contributed by atoms with E-state index in [1.807, 2.05) is 25.7 Å². The van der Waals surface area contributed by atoms with E-state index in [0.29, 0.717) is 6.04 Å². The molecule has 0 aromatic heterocycles. The van der Waals surface area contributed by atoms with E-state index in [9.17, 15) is 9.59 Å². The van der Waals surface area contributed by atoms with Crippen molar-refractivity contribution in [2.24, 2.45) is 5.92 Å². The van der Waals surface area contributed by atoms with Crippen LogP contribution in [0.15, 0.2) is 0 Å². The second-order valence-electron chi connectivity index (χ2n) is 6.99. The van der Waals surface area contributed by atoms with Crippen LogP contribution in [0.3, 0.4) is 0 Å². The lowest BCUT2D eigenvalue weighted by Crippen LogP contribution is -2.51. The van der Waals surface area contributed by atoms with Gasteiger partial charge in [-0.1, -0.05) is 12.8 Å². The van der Waals surface area contributed by atoms with Crippen LogP contribution < -0.4 is 5.32 Å². The molecule has 1 aliphatic heterocycles. The number of carbonyl (C=O) groups is 2. The second-order valence-corrected chi connectivity index (χ2v) is 6.99. The Morgan fingerprint density at radius 1 is 1.09 bits per heavy atom. The molecule has 1 saturated carbocycles. The SMILES string of the molecule is CCN(CC)C(=O)C1CCN(C(C)C(=O)NC2CCCC2)CC1. The highest BCUT2D eigenvalue weighted by atomic mass is 16.2. The minimum absolute atomic E-state index is 0.0832. The number of rotatable bonds is 6. The Balaban J connectivity index is 1.78. The lowest BCUT2D eigenvalue weighted by Gasteiger charge is -2.36. The molecule has 1 heterocycles. The van der Waals surface area contributed by atoms with Crippen molar-refractivity contribution in [2.45, 2.75) is 71.4 Å². The fourth-order valence-electron chi connectivity index (χ4n) is 3.88. The lowest BCUT2D eigenvalue weighted by atomic mass is 9.94. The van der Waals surface area contributed by atoms with E-state index in [1.165, 1.54) is 12.8 Å². The van der Waals surface area contributed by atoms with Gasteiger partial charge >= 0.3 is 0 Å². The first-order valence-electron chi connectivity index (χ1n) is 9.40. The topological polar surface area (TPSA) is 52.7 Å². The van der Waals surface area contributed by atoms with Crippen molar-refractivity contribution < 1.29 is 9.59 Å². The summed E-state index contributed by atoms with van der Waals surface area (Å²) in [5, 5.41) is 3.19. The fourth-order valence-corrected chi connectivity index (χ4v) is 3.88. The molecule has 1 saturated heterocycles. The summed E-state index contributed by atoms with van der Waals surface area (Å²) in [5.41, 5.74) is 0. The van der Waals surface area contributed by atoms with Crippen LogP contribution in [0.25, 0.3) is 0 Å². The molecule has 2 fully saturated rings. The standard InChI is InChI=1S/C18H33N3O2/c1-4-20(5-2)18(23)15-10-12-21(13-11-15)14(3)17(22)19-16-8-6-7-9-16/h14-16H,4-13H2,1-3H3,(H,19,22). The summed E-state index contributed by atoms with van der Waals surface area (Å²) >= 11 is 0. The Morgan fingerprint density at radius 2 is 1.65 bits per heavy atom. The van der Waals surface area contributed by atoms with Crippen LogP contribution in [0.5, 0.6) is 0 Å². The van der Waals surface area contributed by atoms with Crippen molar-refractivity contribution in [1.82, 2.24) is 15.1 Å². The normalized spacial score (nSPS) is 22.0. The van der Waals surface area contributed by atoms with Crippen molar-refractivity contribution in [3.05, 3.63) is 0 Å². The van der Waals surface area contributed by atoms with E-state index in [2.05, 4.69) is 10.2 Å². The Labute approximate surface area is 140 Å². The van der Waals surface area contributed by atoms with Gasteiger partial charge < -0.3 is 10.2 Å². The van der Waals surface area contributed by atoms with Gasteiger partial charge in [0.25, 0.3) is 0 Å². The van der Waals surface area contributed by atoms with Crippen molar-refractivity contribution in [3.8, 4) is 0 Å². The van der Waals surface area contributed by atoms with E-state index in [1.54, 1.807) is 0 Å². The zero-order valence-corrected chi connectivity index (χ0v) is 15.0. The molecule has 2 amide bonds. The van der Waals surface area contributed by atoms with E-state index < -0.39 is 0 Å². The summed E-state index contributed by atoms with van der Waals surface area (Å²) in [6.07, 6.45) is 6.46. The van der Waals surface area contributed by atoms with E-state index >= 15 is 0 Å². The molecule has 1 unspecified atom stereocenters. The van der Waals surface area contributed by atoms with Crippen molar-refractivity contribution in [3.63, 3.8) is 0 Å². The van der Waals surface area contributed by atoms with Crippen LogP contribution >= 0.6 is 0 Å². The number of nitrogens with one attached hydrogen (secondary N) is 1. The molecule has 2 rings (SSSR count). The molecule has 1 atom stereocenters. The molecule has 0 aromatic rings. The van der Waals surface area contributed by atoms with Crippen molar-refractivity contribution >= 4 is 11.8 Å². The highest BCUT2D eigenvalue weighted by molar-refractivity contribution is 5.82. The van der Waals surface area contributed by atoms with Crippen molar-refractivity contribution in [1.29, 1.82) is 0 Å². The van der Waals surface area contributed by atoms with E-state index in [0.717, 1.165) is 51.9 Å². The Morgan fingerprint density at radius 3 is 2.17 bits per heavy atom. The third kappa shape index (κ3) is 4.69. The summed E-state index contributed by atoms with van der Waals surface area (Å²) in [5.74, 6) is 0.583. The number of likely N-dealkylation sites (tertiary alicyclic amines) is 1. The first kappa shape index (κ1) is 18.2. The Hall–Kier alpha value is -1.10. The molecule has 1 N–H and O–H groups in total. The van der Waals surface area contributed by atoms with E-state index in [-0.39, 0.29) is 23.8 Å². The minimum Gasteiger partial charge on any atom is -0.352 e. The average Bonchev–Trinajstić information content (AvgIpc) is 3.08. The van der Waals surface area contributed by atoms with Gasteiger partial charge in [-0.3, -0.25) is 14.5 Å². The number of piperidine rings is 1. The predicted molar refractivity (Wildman–Crippen MR) is 92.1 cm³/mol. The third-order valence-corrected chi connectivity index (χ3v) is 5.58. The Bertz CT molecular complexity index is 395. The van der Waals surface area contributed by atoms with Gasteiger partial charge in [0.1, 0.15) is 0 Å². The predicted octanol–water partition coefficient (Wildman–Crippen LogP) is 2.01. The summed E-state index contributed by atoms with van der Waals surface area (Å²) in [6, 6.07) is 0.298. The maximum absolute atomic E-state index is 12.4. The Kier molecular flexibility index (Phi) is 6.88. The molecule has 0 bridgehead atoms. The van der Waals surface area contributed by atoms with Gasteiger partial charge in [0, 0.05) is 25.0 Å². The maximum Gasteiger partial charge on any atom is 0.237 e. The molecule has 0 spiro atoms. The zero-order valence-electron chi connectivity index (χ0n) is 15.0. The minimum atomic E-state index is -0.0832. The average molecular weight is 323 g/mol. The van der Waals surface area contributed by atoms with Crippen LogP contribution in [0.2, 0.25) is 0 Å². The fraction of sp³-hybridized carbons (Fsp3) is 0.889. The smallest absolute Gasteiger partial charge is 0.237 e. The molecule has 2 aliphatic rings. The summed E-state index contributed by atoms with van der Waals surface area (Å²) in [7, 11) is 0. The molecule has 23 heavy (non-hydrogen) atoms. The quantitative estimate of drug-likeness (QED) is 0.813. The monoisotopic (exact) mass is 323 g/mol. The molecule has 1 aliphatic carbocycles. The summed E-state index contributed by atoms with van der Waals surface area (Å²) in [6.45, 7) is 9.33. The van der Waals surface area contributed by atoms with Crippen LogP contribution in [-0.4, -0.2) is 59.9 Å². The molecule has 0 aromatic carbocycles. The van der Waals surface area contributed by atoms with Crippen LogP contribution in [0.1, 0.15) is 59.3 Å². The van der Waals surface area contributed by atoms with Gasteiger partial charge in [-0.15, -0.1) is 0 Å². The van der Waals surface area contributed by atoms with Crippen LogP contribution in [0, 0.1) is 5.92 Å². The van der Waals surface area contributed by atoms with Gasteiger partial charge in [0.05, 0.1) is 6.04 Å². The second kappa shape index (κ2) is 8.67. The zero-order chi connectivity index (χ0) is 16.8. The molecular formula is C18H33N3O2.